The maximum Gasteiger partial charge on any atom is 0.146 e. The topological polar surface area (TPSA) is 15.3 Å². The van der Waals surface area contributed by atoms with Gasteiger partial charge in [-0.1, -0.05) is 18.6 Å². The Morgan fingerprint density at radius 1 is 1.10 bits per heavy atom. The molecule has 0 aromatic heterocycles. The molecular formula is C18H25FN2. The lowest BCUT2D eigenvalue weighted by Crippen LogP contribution is -2.43. The van der Waals surface area contributed by atoms with E-state index >= 15 is 0 Å². The van der Waals surface area contributed by atoms with E-state index in [1.807, 2.05) is 6.07 Å². The van der Waals surface area contributed by atoms with E-state index < -0.39 is 0 Å². The molecule has 21 heavy (non-hydrogen) atoms. The molecule has 2 aliphatic carbocycles. The monoisotopic (exact) mass is 288 g/mol. The molecular weight excluding hydrogens is 263 g/mol. The van der Waals surface area contributed by atoms with E-state index in [1.165, 1.54) is 44.9 Å². The fraction of sp³-hybridized carbons (Fsp3) is 0.667. The summed E-state index contributed by atoms with van der Waals surface area (Å²) in [5, 5.41) is 3.55. The minimum Gasteiger partial charge on any atom is -0.366 e. The van der Waals surface area contributed by atoms with Crippen molar-refractivity contribution in [3.63, 3.8) is 0 Å². The van der Waals surface area contributed by atoms with Crippen LogP contribution in [0, 0.1) is 11.7 Å². The van der Waals surface area contributed by atoms with Crippen LogP contribution in [0.4, 0.5) is 10.1 Å². The van der Waals surface area contributed by atoms with E-state index in [-0.39, 0.29) is 5.82 Å². The Morgan fingerprint density at radius 2 is 1.95 bits per heavy atom. The molecule has 2 saturated carbocycles. The molecule has 1 N–H and O–H groups in total. The molecule has 114 valence electrons. The number of halogens is 1. The minimum absolute atomic E-state index is 0.0300. The molecule has 3 fully saturated rings. The zero-order valence-electron chi connectivity index (χ0n) is 12.7. The first-order valence-corrected chi connectivity index (χ1v) is 8.60. The predicted octanol–water partition coefficient (Wildman–Crippen LogP) is 3.85. The maximum atomic E-state index is 14.6. The number of hydrogen-bond donors (Lipinski definition) is 1. The van der Waals surface area contributed by atoms with Gasteiger partial charge in [-0.2, -0.15) is 0 Å². The van der Waals surface area contributed by atoms with Crippen LogP contribution in [0.2, 0.25) is 0 Å². The number of para-hydroxylation sites is 1. The second-order valence-electron chi connectivity index (χ2n) is 7.00. The summed E-state index contributed by atoms with van der Waals surface area (Å²) in [5.41, 5.74) is 2.04. The summed E-state index contributed by atoms with van der Waals surface area (Å²) in [5.74, 6) is 0.764. The molecule has 0 bridgehead atoms. The van der Waals surface area contributed by atoms with Crippen molar-refractivity contribution in [2.24, 2.45) is 5.92 Å². The van der Waals surface area contributed by atoms with Crippen molar-refractivity contribution in [3.05, 3.63) is 29.6 Å². The van der Waals surface area contributed by atoms with E-state index in [9.17, 15) is 4.39 Å². The predicted molar refractivity (Wildman–Crippen MR) is 84.0 cm³/mol. The molecule has 2 atom stereocenters. The Hall–Kier alpha value is -1.09. The van der Waals surface area contributed by atoms with Gasteiger partial charge in [-0.15, -0.1) is 0 Å². The standard InChI is InChI=1S/C18H25FN2/c19-16-7-1-5-14(12-20-15-9-10-15)18(16)21-11-3-6-13-4-2-8-17(13)21/h1,5,7,13,15,17,20H,2-4,6,8-12H2. The third-order valence-electron chi connectivity index (χ3n) is 5.51. The zero-order valence-corrected chi connectivity index (χ0v) is 12.7. The highest BCUT2D eigenvalue weighted by atomic mass is 19.1. The lowest BCUT2D eigenvalue weighted by Gasteiger charge is -2.40. The van der Waals surface area contributed by atoms with Crippen molar-refractivity contribution in [3.8, 4) is 0 Å². The van der Waals surface area contributed by atoms with Crippen molar-refractivity contribution in [2.45, 2.75) is 63.6 Å². The van der Waals surface area contributed by atoms with Crippen LogP contribution in [0.1, 0.15) is 50.5 Å². The van der Waals surface area contributed by atoms with Gasteiger partial charge in [0, 0.05) is 25.2 Å². The molecule has 1 aromatic rings. The van der Waals surface area contributed by atoms with Crippen molar-refractivity contribution < 1.29 is 4.39 Å². The number of hydrogen-bond acceptors (Lipinski definition) is 2. The molecule has 0 amide bonds. The Kier molecular flexibility index (Phi) is 3.62. The molecule has 0 spiro atoms. The van der Waals surface area contributed by atoms with Crippen LogP contribution in [0.25, 0.3) is 0 Å². The van der Waals surface area contributed by atoms with E-state index in [2.05, 4.69) is 16.3 Å². The molecule has 3 aliphatic rings. The van der Waals surface area contributed by atoms with E-state index in [1.54, 1.807) is 6.07 Å². The quantitative estimate of drug-likeness (QED) is 0.905. The average molecular weight is 288 g/mol. The van der Waals surface area contributed by atoms with Crippen LogP contribution in [-0.2, 0) is 6.54 Å². The van der Waals surface area contributed by atoms with Crippen LogP contribution >= 0.6 is 0 Å². The third kappa shape index (κ3) is 2.68. The van der Waals surface area contributed by atoms with Gasteiger partial charge in [0.25, 0.3) is 0 Å². The van der Waals surface area contributed by atoms with E-state index in [0.29, 0.717) is 12.1 Å². The summed E-state index contributed by atoms with van der Waals surface area (Å²) < 4.78 is 14.6. The van der Waals surface area contributed by atoms with Gasteiger partial charge in [0.1, 0.15) is 5.82 Å². The van der Waals surface area contributed by atoms with Crippen LogP contribution in [0.3, 0.4) is 0 Å². The fourth-order valence-electron chi connectivity index (χ4n) is 4.30. The van der Waals surface area contributed by atoms with Gasteiger partial charge >= 0.3 is 0 Å². The Morgan fingerprint density at radius 3 is 2.81 bits per heavy atom. The third-order valence-corrected chi connectivity index (χ3v) is 5.51. The first-order valence-electron chi connectivity index (χ1n) is 8.60. The van der Waals surface area contributed by atoms with E-state index in [0.717, 1.165) is 30.3 Å². The second-order valence-corrected chi connectivity index (χ2v) is 7.00. The van der Waals surface area contributed by atoms with Gasteiger partial charge in [0.2, 0.25) is 0 Å². The van der Waals surface area contributed by atoms with Crippen LogP contribution in [0.5, 0.6) is 0 Å². The summed E-state index contributed by atoms with van der Waals surface area (Å²) in [6.07, 6.45) is 9.00. The normalized spacial score (nSPS) is 28.7. The Labute approximate surface area is 126 Å². The maximum absolute atomic E-state index is 14.6. The van der Waals surface area contributed by atoms with Gasteiger partial charge in [-0.05, 0) is 56.1 Å². The fourth-order valence-corrected chi connectivity index (χ4v) is 4.30. The molecule has 0 radical (unpaired) electrons. The summed E-state index contributed by atoms with van der Waals surface area (Å²) in [6.45, 7) is 1.84. The van der Waals surface area contributed by atoms with Crippen molar-refractivity contribution >= 4 is 5.69 Å². The van der Waals surface area contributed by atoms with Gasteiger partial charge in [-0.3, -0.25) is 0 Å². The van der Waals surface area contributed by atoms with Gasteiger partial charge < -0.3 is 10.2 Å². The van der Waals surface area contributed by atoms with Gasteiger partial charge in [0.15, 0.2) is 0 Å². The van der Waals surface area contributed by atoms with Crippen molar-refractivity contribution in [1.29, 1.82) is 0 Å². The SMILES string of the molecule is Fc1cccc(CNC2CC2)c1N1CCCC2CCCC21. The lowest BCUT2D eigenvalue weighted by atomic mass is 9.91. The molecule has 1 aromatic carbocycles. The first kappa shape index (κ1) is 13.6. The van der Waals surface area contributed by atoms with Gasteiger partial charge in [0.05, 0.1) is 5.69 Å². The van der Waals surface area contributed by atoms with Crippen molar-refractivity contribution in [1.82, 2.24) is 5.32 Å². The molecule has 3 heteroatoms. The smallest absolute Gasteiger partial charge is 0.146 e. The summed E-state index contributed by atoms with van der Waals surface area (Å²) in [4.78, 5) is 2.40. The average Bonchev–Trinajstić information content (AvgIpc) is 3.20. The number of nitrogens with one attached hydrogen (secondary N) is 1. The van der Waals surface area contributed by atoms with E-state index in [4.69, 9.17) is 0 Å². The number of benzene rings is 1. The summed E-state index contributed by atoms with van der Waals surface area (Å²) >= 11 is 0. The largest absolute Gasteiger partial charge is 0.366 e. The summed E-state index contributed by atoms with van der Waals surface area (Å²) in [6, 6.07) is 6.84. The first-order chi connectivity index (χ1) is 10.3. The van der Waals surface area contributed by atoms with Gasteiger partial charge in [-0.25, -0.2) is 4.39 Å². The van der Waals surface area contributed by atoms with Crippen molar-refractivity contribution in [2.75, 3.05) is 11.4 Å². The number of fused-ring (bicyclic) bond motifs is 1. The molecule has 1 heterocycles. The number of rotatable bonds is 4. The van der Waals surface area contributed by atoms with Crippen LogP contribution in [-0.4, -0.2) is 18.6 Å². The number of anilines is 1. The second kappa shape index (κ2) is 5.60. The molecule has 1 aliphatic heterocycles. The molecule has 2 nitrogen and oxygen atoms in total. The Balaban J connectivity index is 1.62. The highest BCUT2D eigenvalue weighted by Gasteiger charge is 2.36. The molecule has 4 rings (SSSR count). The highest BCUT2D eigenvalue weighted by molar-refractivity contribution is 5.56. The number of nitrogens with zero attached hydrogens (tertiary/aromatic N) is 1. The highest BCUT2D eigenvalue weighted by Crippen LogP contribution is 2.41. The summed E-state index contributed by atoms with van der Waals surface area (Å²) in [7, 11) is 0. The van der Waals surface area contributed by atoms with Crippen LogP contribution in [0.15, 0.2) is 18.2 Å². The van der Waals surface area contributed by atoms with Crippen LogP contribution < -0.4 is 10.2 Å². The lowest BCUT2D eigenvalue weighted by molar-refractivity contribution is 0.358. The minimum atomic E-state index is -0.0300. The molecule has 2 unspecified atom stereocenters. The zero-order chi connectivity index (χ0) is 14.2. The molecule has 1 saturated heterocycles. The Bertz CT molecular complexity index is 512. The number of piperidine rings is 1.